The lowest BCUT2D eigenvalue weighted by Crippen LogP contribution is -2.31. The Morgan fingerprint density at radius 2 is 1.76 bits per heavy atom. The van der Waals surface area contributed by atoms with Gasteiger partial charge in [0.05, 0.1) is 17.0 Å². The zero-order valence-electron chi connectivity index (χ0n) is 16.5. The van der Waals surface area contributed by atoms with E-state index in [1.54, 1.807) is 26.0 Å². The molecule has 0 atom stereocenters. The lowest BCUT2D eigenvalue weighted by molar-refractivity contribution is -0.146. The van der Waals surface area contributed by atoms with Crippen LogP contribution < -0.4 is 10.6 Å². The molecule has 156 valence electrons. The van der Waals surface area contributed by atoms with E-state index in [1.807, 2.05) is 13.8 Å². The van der Waals surface area contributed by atoms with Gasteiger partial charge in [-0.2, -0.15) is 0 Å². The first-order valence-electron chi connectivity index (χ1n) is 8.80. The summed E-state index contributed by atoms with van der Waals surface area (Å²) in [6.07, 6.45) is 0. The molecule has 0 aliphatic rings. The highest BCUT2D eigenvalue weighted by atomic mass is 32.1. The van der Waals surface area contributed by atoms with Crippen LogP contribution in [-0.4, -0.2) is 43.5 Å². The molecule has 0 aliphatic heterocycles. The van der Waals surface area contributed by atoms with Crippen LogP contribution in [0.4, 0.5) is 5.00 Å². The number of aryl methyl sites for hydroxylation is 2. The first-order valence-corrected chi connectivity index (χ1v) is 10.4. The number of hydrogen-bond donors (Lipinski definition) is 2. The Morgan fingerprint density at radius 1 is 1.03 bits per heavy atom. The monoisotopic (exact) mass is 438 g/mol. The molecule has 2 aromatic rings. The summed E-state index contributed by atoms with van der Waals surface area (Å²) in [5.41, 5.74) is 1.03. The molecule has 29 heavy (non-hydrogen) atoms. The Labute approximate surface area is 176 Å². The van der Waals surface area contributed by atoms with Crippen LogP contribution in [0.3, 0.4) is 0 Å². The number of anilines is 1. The highest BCUT2D eigenvalue weighted by Crippen LogP contribution is 2.33. The molecule has 10 heteroatoms. The summed E-state index contributed by atoms with van der Waals surface area (Å²) in [7, 11) is 0. The van der Waals surface area contributed by atoms with Crippen molar-refractivity contribution in [2.45, 2.75) is 27.7 Å². The molecule has 0 saturated heterocycles. The zero-order valence-corrected chi connectivity index (χ0v) is 18.2. The average Bonchev–Trinajstić information content (AvgIpc) is 3.21. The first kappa shape index (κ1) is 22.6. The number of thiophene rings is 2. The molecule has 0 aromatic carbocycles. The van der Waals surface area contributed by atoms with E-state index in [4.69, 9.17) is 9.47 Å². The van der Waals surface area contributed by atoms with Crippen molar-refractivity contribution in [1.29, 1.82) is 0 Å². The number of amides is 2. The molecule has 2 aromatic heterocycles. The normalized spacial score (nSPS) is 10.3. The van der Waals surface area contributed by atoms with Gasteiger partial charge in [-0.1, -0.05) is 0 Å². The molecular formula is C19H22N2O6S2. The van der Waals surface area contributed by atoms with Gasteiger partial charge in [0.1, 0.15) is 11.5 Å². The summed E-state index contributed by atoms with van der Waals surface area (Å²) in [5.74, 6) is -2.24. The Morgan fingerprint density at radius 3 is 2.38 bits per heavy atom. The third kappa shape index (κ3) is 6.13. The topological polar surface area (TPSA) is 111 Å². The standard InChI is InChI=1S/C19H22N2O6S2/c1-5-26-19(25)16-11(3)12(4)29-18(16)21-14(22)9-27-15(23)8-20-17(24)13-7-6-10(2)28-13/h6-7H,5,8-9H2,1-4H3,(H,20,24)(H,21,22). The van der Waals surface area contributed by atoms with Crippen molar-refractivity contribution in [2.24, 2.45) is 0 Å². The summed E-state index contributed by atoms with van der Waals surface area (Å²) in [5, 5.41) is 5.36. The van der Waals surface area contributed by atoms with Crippen LogP contribution in [0.5, 0.6) is 0 Å². The van der Waals surface area contributed by atoms with Gasteiger partial charge in [0, 0.05) is 9.75 Å². The molecule has 0 saturated carbocycles. The zero-order chi connectivity index (χ0) is 21.6. The predicted molar refractivity (Wildman–Crippen MR) is 111 cm³/mol. The summed E-state index contributed by atoms with van der Waals surface area (Å²) in [4.78, 5) is 50.2. The molecule has 2 amide bonds. The van der Waals surface area contributed by atoms with Crippen molar-refractivity contribution >= 4 is 51.4 Å². The minimum absolute atomic E-state index is 0.217. The first-order chi connectivity index (χ1) is 13.7. The molecule has 2 N–H and O–H groups in total. The summed E-state index contributed by atoms with van der Waals surface area (Å²) < 4.78 is 9.91. The minimum atomic E-state index is -0.745. The summed E-state index contributed by atoms with van der Waals surface area (Å²) >= 11 is 2.55. The van der Waals surface area contributed by atoms with Gasteiger partial charge in [-0.25, -0.2) is 4.79 Å². The van der Waals surface area contributed by atoms with Crippen molar-refractivity contribution < 1.29 is 28.7 Å². The van der Waals surface area contributed by atoms with Crippen LogP contribution in [0, 0.1) is 20.8 Å². The maximum absolute atomic E-state index is 12.1. The van der Waals surface area contributed by atoms with Gasteiger partial charge in [-0.05, 0) is 45.4 Å². The molecule has 0 unspecified atom stereocenters. The van der Waals surface area contributed by atoms with E-state index in [0.717, 1.165) is 15.3 Å². The highest BCUT2D eigenvalue weighted by molar-refractivity contribution is 7.16. The van der Waals surface area contributed by atoms with Gasteiger partial charge in [-0.3, -0.25) is 14.4 Å². The van der Waals surface area contributed by atoms with Crippen LogP contribution in [0.25, 0.3) is 0 Å². The smallest absolute Gasteiger partial charge is 0.341 e. The van der Waals surface area contributed by atoms with Crippen LogP contribution >= 0.6 is 22.7 Å². The van der Waals surface area contributed by atoms with Crippen molar-refractivity contribution in [3.05, 3.63) is 37.9 Å². The van der Waals surface area contributed by atoms with Gasteiger partial charge in [0.25, 0.3) is 11.8 Å². The Bertz CT molecular complexity index is 931. The number of carbonyl (C=O) groups excluding carboxylic acids is 4. The maximum atomic E-state index is 12.1. The number of carbonyl (C=O) groups is 4. The number of hydrogen-bond acceptors (Lipinski definition) is 8. The van der Waals surface area contributed by atoms with Crippen molar-refractivity contribution in [3.63, 3.8) is 0 Å². The molecular weight excluding hydrogens is 416 g/mol. The van der Waals surface area contributed by atoms with Crippen LogP contribution in [0.2, 0.25) is 0 Å². The Kier molecular flexibility index (Phi) is 7.91. The van der Waals surface area contributed by atoms with E-state index in [9.17, 15) is 19.2 Å². The summed E-state index contributed by atoms with van der Waals surface area (Å²) in [6.45, 7) is 6.50. The Balaban J connectivity index is 1.85. The van der Waals surface area contributed by atoms with E-state index in [2.05, 4.69) is 10.6 Å². The fourth-order valence-electron chi connectivity index (χ4n) is 2.32. The molecule has 0 radical (unpaired) electrons. The number of ether oxygens (including phenoxy) is 2. The largest absolute Gasteiger partial charge is 0.462 e. The second-order valence-electron chi connectivity index (χ2n) is 6.01. The van der Waals surface area contributed by atoms with Crippen molar-refractivity contribution in [3.8, 4) is 0 Å². The van der Waals surface area contributed by atoms with E-state index in [1.165, 1.54) is 22.7 Å². The number of esters is 2. The van der Waals surface area contributed by atoms with Crippen LogP contribution in [-0.2, 0) is 19.1 Å². The minimum Gasteiger partial charge on any atom is -0.462 e. The van der Waals surface area contributed by atoms with Gasteiger partial charge in [-0.15, -0.1) is 22.7 Å². The van der Waals surface area contributed by atoms with E-state index in [-0.39, 0.29) is 19.1 Å². The van der Waals surface area contributed by atoms with E-state index in [0.29, 0.717) is 15.4 Å². The van der Waals surface area contributed by atoms with E-state index < -0.39 is 24.5 Å². The quantitative estimate of drug-likeness (QED) is 0.613. The predicted octanol–water partition coefficient (Wildman–Crippen LogP) is 2.82. The van der Waals surface area contributed by atoms with Crippen LogP contribution in [0.1, 0.15) is 42.3 Å². The summed E-state index contributed by atoms with van der Waals surface area (Å²) in [6, 6.07) is 3.47. The molecule has 2 heterocycles. The fraction of sp³-hybridized carbons (Fsp3) is 0.368. The van der Waals surface area contributed by atoms with Gasteiger partial charge in [0.2, 0.25) is 0 Å². The second kappa shape index (κ2) is 10.2. The number of nitrogens with one attached hydrogen (secondary N) is 2. The number of rotatable bonds is 8. The van der Waals surface area contributed by atoms with Gasteiger partial charge >= 0.3 is 11.9 Å². The highest BCUT2D eigenvalue weighted by Gasteiger charge is 2.22. The van der Waals surface area contributed by atoms with Gasteiger partial charge < -0.3 is 20.1 Å². The molecule has 0 bridgehead atoms. The third-order valence-corrected chi connectivity index (χ3v) is 5.96. The molecule has 0 aliphatic carbocycles. The molecule has 0 spiro atoms. The van der Waals surface area contributed by atoms with Crippen molar-refractivity contribution in [1.82, 2.24) is 5.32 Å². The van der Waals surface area contributed by atoms with E-state index >= 15 is 0 Å². The average molecular weight is 439 g/mol. The maximum Gasteiger partial charge on any atom is 0.341 e. The molecule has 0 fully saturated rings. The molecule has 8 nitrogen and oxygen atoms in total. The molecule has 2 rings (SSSR count). The second-order valence-corrected chi connectivity index (χ2v) is 8.52. The Hall–Kier alpha value is -2.72. The SMILES string of the molecule is CCOC(=O)c1c(NC(=O)COC(=O)CNC(=O)c2ccc(C)s2)sc(C)c1C. The lowest BCUT2D eigenvalue weighted by Gasteiger charge is -2.08. The van der Waals surface area contributed by atoms with Crippen molar-refractivity contribution in [2.75, 3.05) is 25.1 Å². The fourth-order valence-corrected chi connectivity index (χ4v) is 4.17. The third-order valence-electron chi connectivity index (χ3n) is 3.84. The van der Waals surface area contributed by atoms with Crippen LogP contribution in [0.15, 0.2) is 12.1 Å². The lowest BCUT2D eigenvalue weighted by atomic mass is 10.1. The van der Waals surface area contributed by atoms with Gasteiger partial charge in [0.15, 0.2) is 6.61 Å².